The molecule has 2 saturated carbocycles. The van der Waals surface area contributed by atoms with Crippen molar-refractivity contribution in [3.05, 3.63) is 29.3 Å². The van der Waals surface area contributed by atoms with Crippen LogP contribution in [0.1, 0.15) is 36.8 Å². The first-order valence-electron chi connectivity index (χ1n) is 10.8. The molecule has 4 fully saturated rings. The van der Waals surface area contributed by atoms with Gasteiger partial charge in [-0.1, -0.05) is 40.9 Å². The van der Waals surface area contributed by atoms with Gasteiger partial charge in [0.05, 0.1) is 0 Å². The molecule has 2 heterocycles. The SMILES string of the molecule is O=C(OCC(Cl)(Cl)Cl)N1C[C@H]2CC34CCC1C2C31CCNC4Cc2ccc(O)cc21. The monoisotopic (exact) mass is 470 g/mol. The van der Waals surface area contributed by atoms with Crippen LogP contribution in [-0.4, -0.2) is 51.7 Å². The number of amides is 1. The third kappa shape index (κ3) is 2.44. The number of carbonyl (C=O) groups excluding carboxylic acids is 1. The number of piperidine rings is 1. The highest BCUT2D eigenvalue weighted by Gasteiger charge is 2.75. The molecule has 4 bridgehead atoms. The number of likely N-dealkylation sites (tertiary alicyclic amines) is 1. The predicted octanol–water partition coefficient (Wildman–Crippen LogP) is 4.16. The molecule has 1 aromatic carbocycles. The summed E-state index contributed by atoms with van der Waals surface area (Å²) in [5.41, 5.74) is 2.89. The molecule has 5 unspecified atom stereocenters. The fraction of sp³-hybridized carbons (Fsp3) is 0.682. The maximum atomic E-state index is 12.9. The Morgan fingerprint density at radius 1 is 1.33 bits per heavy atom. The summed E-state index contributed by atoms with van der Waals surface area (Å²) >= 11 is 17.4. The summed E-state index contributed by atoms with van der Waals surface area (Å²) in [4.78, 5) is 14.8. The number of nitrogens with zero attached hydrogens (tertiary/aromatic N) is 1. The van der Waals surface area contributed by atoms with Gasteiger partial charge in [0.1, 0.15) is 12.4 Å². The van der Waals surface area contributed by atoms with Crippen LogP contribution in [0.3, 0.4) is 0 Å². The molecule has 8 heteroatoms. The Balaban J connectivity index is 1.41. The summed E-state index contributed by atoms with van der Waals surface area (Å²) in [5.74, 6) is 1.16. The van der Waals surface area contributed by atoms with Crippen LogP contribution < -0.4 is 5.32 Å². The molecule has 1 amide bonds. The second kappa shape index (κ2) is 6.34. The summed E-state index contributed by atoms with van der Waals surface area (Å²) in [7, 11) is 0. The second-order valence-electron chi connectivity index (χ2n) is 9.85. The average molecular weight is 472 g/mol. The van der Waals surface area contributed by atoms with Crippen molar-refractivity contribution in [1.29, 1.82) is 0 Å². The number of hydrogen-bond acceptors (Lipinski definition) is 4. The average Bonchev–Trinajstić information content (AvgIpc) is 3.12. The molecule has 5 aliphatic rings. The number of fused-ring (bicyclic) bond motifs is 1. The third-order valence-electron chi connectivity index (χ3n) is 8.89. The van der Waals surface area contributed by atoms with E-state index in [2.05, 4.69) is 11.4 Å². The lowest BCUT2D eigenvalue weighted by Gasteiger charge is -2.64. The van der Waals surface area contributed by atoms with E-state index in [1.807, 2.05) is 17.0 Å². The van der Waals surface area contributed by atoms with Gasteiger partial charge in [0.25, 0.3) is 0 Å². The van der Waals surface area contributed by atoms with Crippen molar-refractivity contribution >= 4 is 40.9 Å². The lowest BCUT2D eigenvalue weighted by atomic mass is 9.44. The van der Waals surface area contributed by atoms with Crippen LogP contribution in [-0.2, 0) is 16.6 Å². The van der Waals surface area contributed by atoms with E-state index in [1.165, 1.54) is 11.1 Å². The van der Waals surface area contributed by atoms with Crippen molar-refractivity contribution in [2.75, 3.05) is 19.7 Å². The van der Waals surface area contributed by atoms with Crippen LogP contribution >= 0.6 is 34.8 Å². The van der Waals surface area contributed by atoms with E-state index in [0.29, 0.717) is 30.2 Å². The summed E-state index contributed by atoms with van der Waals surface area (Å²) in [5, 5.41) is 14.2. The van der Waals surface area contributed by atoms with Crippen LogP contribution in [0.5, 0.6) is 5.75 Å². The molecule has 2 saturated heterocycles. The Morgan fingerprint density at radius 3 is 2.97 bits per heavy atom. The number of ether oxygens (including phenoxy) is 1. The van der Waals surface area contributed by atoms with Crippen LogP contribution in [0.4, 0.5) is 4.79 Å². The second-order valence-corrected chi connectivity index (χ2v) is 12.4. The maximum absolute atomic E-state index is 12.9. The van der Waals surface area contributed by atoms with Crippen molar-refractivity contribution in [2.45, 2.75) is 53.4 Å². The number of alkyl halides is 3. The van der Waals surface area contributed by atoms with Crippen molar-refractivity contribution in [2.24, 2.45) is 17.3 Å². The fourth-order valence-electron chi connectivity index (χ4n) is 8.33. The number of rotatable bonds is 1. The molecule has 3 aliphatic carbocycles. The Morgan fingerprint density at radius 2 is 2.17 bits per heavy atom. The lowest BCUT2D eigenvalue weighted by molar-refractivity contribution is -0.0469. The summed E-state index contributed by atoms with van der Waals surface area (Å²) in [6.07, 6.45) is 4.89. The largest absolute Gasteiger partial charge is 0.508 e. The number of phenols is 1. The zero-order valence-corrected chi connectivity index (χ0v) is 18.8. The minimum absolute atomic E-state index is 0.00701. The lowest BCUT2D eigenvalue weighted by Crippen LogP contribution is -2.69. The Kier molecular flexibility index (Phi) is 4.18. The molecule has 2 aliphatic heterocycles. The van der Waals surface area contributed by atoms with Gasteiger partial charge in [-0.2, -0.15) is 0 Å². The van der Waals surface area contributed by atoms with Gasteiger partial charge in [-0.15, -0.1) is 0 Å². The van der Waals surface area contributed by atoms with Gasteiger partial charge in [-0.3, -0.25) is 0 Å². The minimum Gasteiger partial charge on any atom is -0.508 e. The molecule has 6 rings (SSSR count). The van der Waals surface area contributed by atoms with E-state index in [0.717, 1.165) is 38.6 Å². The van der Waals surface area contributed by atoms with E-state index < -0.39 is 3.79 Å². The highest BCUT2D eigenvalue weighted by atomic mass is 35.6. The summed E-state index contributed by atoms with van der Waals surface area (Å²) < 4.78 is 3.77. The third-order valence-corrected chi connectivity index (χ3v) is 9.22. The van der Waals surface area contributed by atoms with E-state index in [-0.39, 0.29) is 29.6 Å². The first kappa shape index (κ1) is 19.8. The quantitative estimate of drug-likeness (QED) is 0.604. The molecule has 162 valence electrons. The number of halogens is 3. The maximum Gasteiger partial charge on any atom is 0.410 e. The molecule has 6 atom stereocenters. The highest BCUT2D eigenvalue weighted by molar-refractivity contribution is 6.67. The Hall–Kier alpha value is -0.880. The first-order chi connectivity index (χ1) is 14.3. The molecule has 0 spiro atoms. The van der Waals surface area contributed by atoms with Crippen molar-refractivity contribution in [3.8, 4) is 5.75 Å². The van der Waals surface area contributed by atoms with Gasteiger partial charge >= 0.3 is 6.09 Å². The number of benzene rings is 1. The van der Waals surface area contributed by atoms with Crippen LogP contribution in [0, 0.1) is 17.3 Å². The van der Waals surface area contributed by atoms with Gasteiger partial charge < -0.3 is 20.1 Å². The molecule has 0 aromatic heterocycles. The smallest absolute Gasteiger partial charge is 0.410 e. The van der Waals surface area contributed by atoms with Gasteiger partial charge in [0.15, 0.2) is 0 Å². The van der Waals surface area contributed by atoms with E-state index in [1.54, 1.807) is 0 Å². The molecule has 0 radical (unpaired) electrons. The number of nitrogens with one attached hydrogen (secondary N) is 1. The molecular formula is C22H25Cl3N2O3. The molecule has 5 nitrogen and oxygen atoms in total. The molecular weight excluding hydrogens is 447 g/mol. The van der Waals surface area contributed by atoms with Gasteiger partial charge in [-0.05, 0) is 79.2 Å². The van der Waals surface area contributed by atoms with Crippen LogP contribution in [0.2, 0.25) is 0 Å². The van der Waals surface area contributed by atoms with Gasteiger partial charge in [0.2, 0.25) is 3.79 Å². The number of hydrogen-bond donors (Lipinski definition) is 2. The zero-order chi connectivity index (χ0) is 20.9. The van der Waals surface area contributed by atoms with Gasteiger partial charge in [0, 0.05) is 24.0 Å². The first-order valence-corrected chi connectivity index (χ1v) is 11.9. The van der Waals surface area contributed by atoms with Crippen LogP contribution in [0.15, 0.2) is 18.2 Å². The normalized spacial score (nSPS) is 40.7. The topological polar surface area (TPSA) is 61.8 Å². The van der Waals surface area contributed by atoms with E-state index in [4.69, 9.17) is 39.5 Å². The van der Waals surface area contributed by atoms with Crippen molar-refractivity contribution < 1.29 is 14.6 Å². The number of carbonyl (C=O) groups is 1. The minimum atomic E-state index is -1.60. The van der Waals surface area contributed by atoms with E-state index >= 15 is 0 Å². The zero-order valence-electron chi connectivity index (χ0n) is 16.5. The molecule has 30 heavy (non-hydrogen) atoms. The van der Waals surface area contributed by atoms with Crippen molar-refractivity contribution in [3.63, 3.8) is 0 Å². The van der Waals surface area contributed by atoms with Crippen molar-refractivity contribution in [1.82, 2.24) is 10.2 Å². The van der Waals surface area contributed by atoms with E-state index in [9.17, 15) is 9.90 Å². The van der Waals surface area contributed by atoms with Crippen LogP contribution in [0.25, 0.3) is 0 Å². The standard InChI is InChI=1S/C22H25Cl3N2O3/c23-22(24,25)11-30-19(29)27-10-13-9-20-4-3-16(27)18(13)21(20)5-6-26-17(20)7-12-1-2-14(28)8-15(12)21/h1-2,8,13,16-18,26,28H,3-7,9-11H2/t13-,16?,17?,18?,20?,21?/m1/s1. The van der Waals surface area contributed by atoms with Gasteiger partial charge in [-0.25, -0.2) is 4.79 Å². The number of phenolic OH excluding ortho intramolecular Hbond substituents is 1. The Labute approximate surface area is 191 Å². The predicted molar refractivity (Wildman–Crippen MR) is 115 cm³/mol. The summed E-state index contributed by atoms with van der Waals surface area (Å²) in [6.45, 7) is 1.44. The highest BCUT2D eigenvalue weighted by Crippen LogP contribution is 2.74. The molecule has 2 N–H and O–H groups in total. The Bertz CT molecular complexity index is 921. The fourth-order valence-corrected chi connectivity index (χ4v) is 8.49. The summed E-state index contributed by atoms with van der Waals surface area (Å²) in [6, 6.07) is 6.53. The number of aromatic hydroxyl groups is 1. The molecule has 1 aromatic rings.